The lowest BCUT2D eigenvalue weighted by Gasteiger charge is -2.12. The van der Waals surface area contributed by atoms with Crippen molar-refractivity contribution in [1.29, 1.82) is 5.26 Å². The third-order valence-electron chi connectivity index (χ3n) is 3.87. The molecular weight excluding hydrogens is 499 g/mol. The zero-order chi connectivity index (χ0) is 22.1. The standard InChI is InChI=1S/C22H21IN2O5/c1-4-29-19-12-14(11-18(23)20(19)28-3)10-16(13-24)21(26)25-17-8-6-15(7-9-17)22(27)30-5-2/h6-12H,4-5H2,1-3H3,(H,25,26)/b16-10+. The van der Waals surface area contributed by atoms with E-state index in [0.717, 1.165) is 3.57 Å². The number of methoxy groups -OCH3 is 1. The molecule has 0 fully saturated rings. The van der Waals surface area contributed by atoms with Crippen LogP contribution in [0.15, 0.2) is 42.0 Å². The van der Waals surface area contributed by atoms with Crippen LogP contribution in [0, 0.1) is 14.9 Å². The van der Waals surface area contributed by atoms with Crippen LogP contribution in [0.4, 0.5) is 5.69 Å². The van der Waals surface area contributed by atoms with Crippen molar-refractivity contribution in [2.45, 2.75) is 13.8 Å². The molecule has 1 amide bonds. The second kappa shape index (κ2) is 11.2. The van der Waals surface area contributed by atoms with Gasteiger partial charge in [0.05, 0.1) is 29.5 Å². The maximum Gasteiger partial charge on any atom is 0.338 e. The average Bonchev–Trinajstić information content (AvgIpc) is 2.72. The highest BCUT2D eigenvalue weighted by atomic mass is 127. The summed E-state index contributed by atoms with van der Waals surface area (Å²) in [6.07, 6.45) is 1.48. The third-order valence-corrected chi connectivity index (χ3v) is 4.67. The molecule has 156 valence electrons. The van der Waals surface area contributed by atoms with Gasteiger partial charge in [-0.15, -0.1) is 0 Å². The van der Waals surface area contributed by atoms with E-state index in [1.54, 1.807) is 50.4 Å². The predicted octanol–water partition coefficient (Wildman–Crippen LogP) is 4.42. The van der Waals surface area contributed by atoms with Crippen LogP contribution in [0.3, 0.4) is 0 Å². The zero-order valence-electron chi connectivity index (χ0n) is 16.8. The second-order valence-electron chi connectivity index (χ2n) is 5.89. The minimum absolute atomic E-state index is 0.0760. The molecule has 0 saturated heterocycles. The van der Waals surface area contributed by atoms with Gasteiger partial charge in [0.1, 0.15) is 11.6 Å². The van der Waals surface area contributed by atoms with Crippen LogP contribution < -0.4 is 14.8 Å². The number of carbonyl (C=O) groups is 2. The monoisotopic (exact) mass is 520 g/mol. The highest BCUT2D eigenvalue weighted by Gasteiger charge is 2.14. The van der Waals surface area contributed by atoms with E-state index in [2.05, 4.69) is 27.9 Å². The Bertz CT molecular complexity index is 994. The van der Waals surface area contributed by atoms with Crippen molar-refractivity contribution in [2.24, 2.45) is 0 Å². The van der Waals surface area contributed by atoms with Gasteiger partial charge in [0.2, 0.25) is 0 Å². The fraction of sp³-hybridized carbons (Fsp3) is 0.227. The van der Waals surface area contributed by atoms with E-state index in [9.17, 15) is 14.9 Å². The molecule has 0 spiro atoms. The third kappa shape index (κ3) is 5.97. The van der Waals surface area contributed by atoms with Crippen LogP contribution >= 0.6 is 22.6 Å². The number of nitrogens with one attached hydrogen (secondary N) is 1. The number of anilines is 1. The van der Waals surface area contributed by atoms with E-state index in [-0.39, 0.29) is 12.2 Å². The van der Waals surface area contributed by atoms with Crippen LogP contribution in [-0.2, 0) is 9.53 Å². The van der Waals surface area contributed by atoms with Gasteiger partial charge in [-0.2, -0.15) is 5.26 Å². The van der Waals surface area contributed by atoms with Crippen LogP contribution in [0.2, 0.25) is 0 Å². The number of rotatable bonds is 8. The van der Waals surface area contributed by atoms with Crippen molar-refractivity contribution < 1.29 is 23.8 Å². The second-order valence-corrected chi connectivity index (χ2v) is 7.05. The molecule has 0 aliphatic rings. The summed E-state index contributed by atoms with van der Waals surface area (Å²) in [6, 6.07) is 11.7. The fourth-order valence-corrected chi connectivity index (χ4v) is 3.40. The van der Waals surface area contributed by atoms with E-state index in [0.29, 0.717) is 34.9 Å². The lowest BCUT2D eigenvalue weighted by molar-refractivity contribution is -0.112. The van der Waals surface area contributed by atoms with Crippen molar-refractivity contribution in [1.82, 2.24) is 0 Å². The molecule has 0 atom stereocenters. The molecule has 2 rings (SSSR count). The number of nitrogens with zero attached hydrogens (tertiary/aromatic N) is 1. The first kappa shape index (κ1) is 23.2. The molecule has 0 bridgehead atoms. The van der Waals surface area contributed by atoms with Gasteiger partial charge in [0.25, 0.3) is 5.91 Å². The first-order valence-corrected chi connectivity index (χ1v) is 10.2. The smallest absolute Gasteiger partial charge is 0.338 e. The number of hydrogen-bond donors (Lipinski definition) is 1. The topological polar surface area (TPSA) is 97.7 Å². The molecule has 30 heavy (non-hydrogen) atoms. The van der Waals surface area contributed by atoms with Crippen molar-refractivity contribution in [3.05, 3.63) is 56.7 Å². The summed E-state index contributed by atoms with van der Waals surface area (Å²) in [5, 5.41) is 12.1. The van der Waals surface area contributed by atoms with Crippen LogP contribution in [0.25, 0.3) is 6.08 Å². The molecule has 2 aromatic carbocycles. The molecular formula is C22H21IN2O5. The van der Waals surface area contributed by atoms with Crippen molar-refractivity contribution in [3.8, 4) is 17.6 Å². The largest absolute Gasteiger partial charge is 0.492 e. The van der Waals surface area contributed by atoms with Crippen LogP contribution in [0.1, 0.15) is 29.8 Å². The maximum absolute atomic E-state index is 12.5. The van der Waals surface area contributed by atoms with Gasteiger partial charge in [-0.05, 0) is 84.5 Å². The number of carbonyl (C=O) groups excluding carboxylic acids is 2. The summed E-state index contributed by atoms with van der Waals surface area (Å²) >= 11 is 2.10. The molecule has 0 radical (unpaired) electrons. The summed E-state index contributed by atoms with van der Waals surface area (Å²) in [5.41, 5.74) is 1.39. The Morgan fingerprint density at radius 3 is 2.43 bits per heavy atom. The maximum atomic E-state index is 12.5. The fourth-order valence-electron chi connectivity index (χ4n) is 2.55. The van der Waals surface area contributed by atoms with Gasteiger partial charge in [-0.25, -0.2) is 4.79 Å². The first-order chi connectivity index (χ1) is 14.4. The van der Waals surface area contributed by atoms with Crippen LogP contribution in [-0.4, -0.2) is 32.2 Å². The Morgan fingerprint density at radius 2 is 1.87 bits per heavy atom. The first-order valence-electron chi connectivity index (χ1n) is 9.14. The highest BCUT2D eigenvalue weighted by molar-refractivity contribution is 14.1. The Labute approximate surface area is 188 Å². The number of nitriles is 1. The number of amides is 1. The summed E-state index contributed by atoms with van der Waals surface area (Å²) < 4.78 is 16.7. The Morgan fingerprint density at radius 1 is 1.17 bits per heavy atom. The van der Waals surface area contributed by atoms with Crippen LogP contribution in [0.5, 0.6) is 11.5 Å². The highest BCUT2D eigenvalue weighted by Crippen LogP contribution is 2.34. The number of esters is 1. The van der Waals surface area contributed by atoms with E-state index in [4.69, 9.17) is 14.2 Å². The Kier molecular flexibility index (Phi) is 8.68. The molecule has 0 saturated carbocycles. The molecule has 7 nitrogen and oxygen atoms in total. The Balaban J connectivity index is 2.23. The van der Waals surface area contributed by atoms with Gasteiger partial charge in [0, 0.05) is 5.69 Å². The van der Waals surface area contributed by atoms with Gasteiger partial charge in [-0.1, -0.05) is 0 Å². The number of ether oxygens (including phenoxy) is 3. The normalized spacial score (nSPS) is 10.7. The molecule has 1 N–H and O–H groups in total. The number of hydrogen-bond acceptors (Lipinski definition) is 6. The zero-order valence-corrected chi connectivity index (χ0v) is 19.0. The molecule has 0 aromatic heterocycles. The molecule has 0 aliphatic carbocycles. The lowest BCUT2D eigenvalue weighted by Crippen LogP contribution is -2.13. The molecule has 8 heteroatoms. The quantitative estimate of drug-likeness (QED) is 0.240. The number of halogens is 1. The van der Waals surface area contributed by atoms with E-state index in [1.165, 1.54) is 6.08 Å². The van der Waals surface area contributed by atoms with Crippen molar-refractivity contribution >= 4 is 46.2 Å². The predicted molar refractivity (Wildman–Crippen MR) is 121 cm³/mol. The van der Waals surface area contributed by atoms with E-state index < -0.39 is 11.9 Å². The number of benzene rings is 2. The van der Waals surface area contributed by atoms with Gasteiger partial charge < -0.3 is 19.5 Å². The molecule has 0 unspecified atom stereocenters. The van der Waals surface area contributed by atoms with E-state index >= 15 is 0 Å². The summed E-state index contributed by atoms with van der Waals surface area (Å²) in [5.74, 6) is 0.127. The molecule has 0 heterocycles. The van der Waals surface area contributed by atoms with Gasteiger partial charge in [-0.3, -0.25) is 4.79 Å². The molecule has 0 aliphatic heterocycles. The summed E-state index contributed by atoms with van der Waals surface area (Å²) in [6.45, 7) is 4.32. The van der Waals surface area contributed by atoms with Gasteiger partial charge >= 0.3 is 5.97 Å². The summed E-state index contributed by atoms with van der Waals surface area (Å²) in [4.78, 5) is 24.2. The Hall–Kier alpha value is -3.06. The van der Waals surface area contributed by atoms with Gasteiger partial charge in [0.15, 0.2) is 11.5 Å². The minimum atomic E-state index is -0.565. The van der Waals surface area contributed by atoms with E-state index in [1.807, 2.05) is 13.0 Å². The van der Waals surface area contributed by atoms with Crippen molar-refractivity contribution in [3.63, 3.8) is 0 Å². The summed E-state index contributed by atoms with van der Waals surface area (Å²) in [7, 11) is 1.55. The molecule has 2 aromatic rings. The minimum Gasteiger partial charge on any atom is -0.492 e. The van der Waals surface area contributed by atoms with Crippen molar-refractivity contribution in [2.75, 3.05) is 25.6 Å². The SMILES string of the molecule is CCOC(=O)c1ccc(NC(=O)/C(C#N)=C/c2cc(I)c(OC)c(OCC)c2)cc1. The average molecular weight is 520 g/mol. The lowest BCUT2D eigenvalue weighted by atomic mass is 10.1.